The minimum Gasteiger partial charge on any atom is -0.486 e. The lowest BCUT2D eigenvalue weighted by Gasteiger charge is -2.18. The number of carboxylic acids is 1. The van der Waals surface area contributed by atoms with E-state index in [2.05, 4.69) is 15.2 Å². The largest absolute Gasteiger partial charge is 0.486 e. The lowest BCUT2D eigenvalue weighted by atomic mass is 10.2. The molecule has 0 unspecified atom stereocenters. The Morgan fingerprint density at radius 2 is 1.77 bits per heavy atom. The number of hydrogen-bond acceptors (Lipinski definition) is 9. The number of para-hydroxylation sites is 1. The van der Waals surface area contributed by atoms with Gasteiger partial charge >= 0.3 is 5.97 Å². The third kappa shape index (κ3) is 5.30. The van der Waals surface area contributed by atoms with Gasteiger partial charge in [-0.2, -0.15) is 5.10 Å². The quantitative estimate of drug-likeness (QED) is 0.239. The number of aromatic carboxylic acids is 1. The summed E-state index contributed by atoms with van der Waals surface area (Å²) in [6, 6.07) is 13.7. The molecular formula is C22H18N4O8S. The molecule has 1 aliphatic rings. The van der Waals surface area contributed by atoms with Crippen LogP contribution in [0.4, 0.5) is 17.1 Å². The van der Waals surface area contributed by atoms with Crippen LogP contribution in [0.2, 0.25) is 0 Å². The summed E-state index contributed by atoms with van der Waals surface area (Å²) in [5, 5.41) is 24.6. The van der Waals surface area contributed by atoms with Gasteiger partial charge in [0.25, 0.3) is 15.7 Å². The van der Waals surface area contributed by atoms with Crippen LogP contribution < -0.4 is 19.6 Å². The molecule has 3 aromatic rings. The van der Waals surface area contributed by atoms with Gasteiger partial charge in [0.2, 0.25) is 0 Å². The summed E-state index contributed by atoms with van der Waals surface area (Å²) in [6.07, 6.45) is 1.41. The Bertz CT molecular complexity index is 1440. The number of rotatable bonds is 8. The Morgan fingerprint density at radius 1 is 1.03 bits per heavy atom. The van der Waals surface area contributed by atoms with Gasteiger partial charge in [-0.15, -0.1) is 0 Å². The smallest absolute Gasteiger partial charge is 0.337 e. The van der Waals surface area contributed by atoms with E-state index in [4.69, 9.17) is 9.47 Å². The predicted octanol–water partition coefficient (Wildman–Crippen LogP) is 3.31. The van der Waals surface area contributed by atoms with Crippen molar-refractivity contribution in [2.45, 2.75) is 4.90 Å². The summed E-state index contributed by atoms with van der Waals surface area (Å²) < 4.78 is 39.4. The number of nitro benzene ring substituents is 1. The van der Waals surface area contributed by atoms with E-state index in [0.29, 0.717) is 30.3 Å². The maximum atomic E-state index is 13.1. The molecule has 1 heterocycles. The molecule has 35 heavy (non-hydrogen) atoms. The Morgan fingerprint density at radius 3 is 2.51 bits per heavy atom. The van der Waals surface area contributed by atoms with Crippen LogP contribution in [0.1, 0.15) is 15.9 Å². The molecule has 0 fully saturated rings. The summed E-state index contributed by atoms with van der Waals surface area (Å²) >= 11 is 0. The van der Waals surface area contributed by atoms with E-state index in [9.17, 15) is 28.4 Å². The summed E-state index contributed by atoms with van der Waals surface area (Å²) in [7, 11) is -4.45. The van der Waals surface area contributed by atoms with Crippen LogP contribution in [0.5, 0.6) is 11.5 Å². The van der Waals surface area contributed by atoms with E-state index in [0.717, 1.165) is 12.1 Å². The Balaban J connectivity index is 1.64. The van der Waals surface area contributed by atoms with Crippen molar-refractivity contribution in [1.29, 1.82) is 0 Å². The fraction of sp³-hybridized carbons (Fsp3) is 0.0909. The number of nitrogens with zero attached hydrogens (tertiary/aromatic N) is 2. The molecule has 13 heteroatoms. The molecule has 0 bridgehead atoms. The zero-order chi connectivity index (χ0) is 25.0. The number of fused-ring (bicyclic) bond motifs is 1. The molecule has 12 nitrogen and oxygen atoms in total. The monoisotopic (exact) mass is 498 g/mol. The number of hydrazone groups is 1. The minimum absolute atomic E-state index is 0.0651. The number of nitrogens with one attached hydrogen (secondary N) is 2. The highest BCUT2D eigenvalue weighted by atomic mass is 32.2. The van der Waals surface area contributed by atoms with Gasteiger partial charge < -0.3 is 14.6 Å². The number of nitro groups is 1. The number of anilines is 2. The highest BCUT2D eigenvalue weighted by Crippen LogP contribution is 2.31. The topological polar surface area (TPSA) is 169 Å². The molecule has 0 radical (unpaired) electrons. The molecule has 3 N–H and O–H groups in total. The number of ether oxygens (including phenoxy) is 2. The summed E-state index contributed by atoms with van der Waals surface area (Å²) in [6.45, 7) is 0.859. The normalized spacial score (nSPS) is 12.8. The first kappa shape index (κ1) is 23.5. The maximum Gasteiger partial charge on any atom is 0.337 e. The van der Waals surface area contributed by atoms with Crippen LogP contribution in [-0.4, -0.2) is 43.8 Å². The van der Waals surface area contributed by atoms with Crippen molar-refractivity contribution < 1.29 is 32.7 Å². The number of hydrogen-bond donors (Lipinski definition) is 3. The van der Waals surface area contributed by atoms with Crippen LogP contribution in [0.25, 0.3) is 0 Å². The van der Waals surface area contributed by atoms with Crippen molar-refractivity contribution in [1.82, 2.24) is 0 Å². The number of carbonyl (C=O) groups is 1. The zero-order valence-electron chi connectivity index (χ0n) is 17.9. The summed E-state index contributed by atoms with van der Waals surface area (Å²) in [5.41, 5.74) is 2.18. The Labute approximate surface area is 199 Å². The van der Waals surface area contributed by atoms with Crippen molar-refractivity contribution in [2.24, 2.45) is 5.10 Å². The van der Waals surface area contributed by atoms with Gasteiger partial charge in [0.15, 0.2) is 11.5 Å². The van der Waals surface area contributed by atoms with E-state index in [1.807, 2.05) is 0 Å². The van der Waals surface area contributed by atoms with Crippen LogP contribution in [-0.2, 0) is 10.0 Å². The second-order valence-corrected chi connectivity index (χ2v) is 8.82. The van der Waals surface area contributed by atoms with Crippen LogP contribution in [0.15, 0.2) is 70.7 Å². The molecule has 0 aliphatic carbocycles. The third-order valence-corrected chi connectivity index (χ3v) is 6.24. The van der Waals surface area contributed by atoms with E-state index in [1.165, 1.54) is 36.5 Å². The lowest BCUT2D eigenvalue weighted by molar-refractivity contribution is -0.385. The average Bonchev–Trinajstić information content (AvgIpc) is 2.84. The number of sulfonamides is 1. The first-order valence-electron chi connectivity index (χ1n) is 10.1. The summed E-state index contributed by atoms with van der Waals surface area (Å²) in [5.74, 6) is -0.206. The molecule has 0 atom stereocenters. The van der Waals surface area contributed by atoms with Crippen LogP contribution in [0.3, 0.4) is 0 Å². The van der Waals surface area contributed by atoms with E-state index >= 15 is 0 Å². The molecule has 1 aliphatic heterocycles. The van der Waals surface area contributed by atoms with E-state index in [1.54, 1.807) is 18.2 Å². The van der Waals surface area contributed by atoms with Crippen molar-refractivity contribution in [3.05, 3.63) is 81.9 Å². The molecule has 180 valence electrons. The van der Waals surface area contributed by atoms with Gasteiger partial charge in [-0.25, -0.2) is 13.2 Å². The standard InChI is InChI=1S/C22H18N4O8S/c27-22(28)16-3-1-2-4-17(16)25-35(31,32)21-12-15(26(29)30)6-7-18(21)24-23-13-14-5-8-19-20(11-14)34-10-9-33-19/h1-8,11-13,24-25H,9-10H2,(H,27,28)/b23-13-. The zero-order valence-corrected chi connectivity index (χ0v) is 18.7. The number of non-ortho nitro benzene ring substituents is 1. The molecular weight excluding hydrogens is 480 g/mol. The second kappa shape index (κ2) is 9.69. The van der Waals surface area contributed by atoms with Crippen molar-refractivity contribution in [2.75, 3.05) is 23.4 Å². The molecule has 0 aromatic heterocycles. The van der Waals surface area contributed by atoms with E-state index in [-0.39, 0.29) is 16.9 Å². The predicted molar refractivity (Wildman–Crippen MR) is 126 cm³/mol. The highest BCUT2D eigenvalue weighted by molar-refractivity contribution is 7.93. The van der Waals surface area contributed by atoms with Gasteiger partial charge in [-0.05, 0) is 42.0 Å². The molecule has 0 saturated carbocycles. The van der Waals surface area contributed by atoms with Crippen molar-refractivity contribution >= 4 is 39.3 Å². The van der Waals surface area contributed by atoms with Crippen LogP contribution in [0, 0.1) is 10.1 Å². The fourth-order valence-electron chi connectivity index (χ4n) is 3.21. The van der Waals surface area contributed by atoms with Gasteiger partial charge in [0.05, 0.1) is 28.1 Å². The Kier molecular flexibility index (Phi) is 6.51. The van der Waals surface area contributed by atoms with Gasteiger partial charge in [-0.3, -0.25) is 20.3 Å². The average molecular weight is 498 g/mol. The molecule has 3 aromatic carbocycles. The highest BCUT2D eigenvalue weighted by Gasteiger charge is 2.24. The second-order valence-electron chi connectivity index (χ2n) is 7.17. The van der Waals surface area contributed by atoms with Crippen molar-refractivity contribution in [3.63, 3.8) is 0 Å². The van der Waals surface area contributed by atoms with Gasteiger partial charge in [0, 0.05) is 12.1 Å². The molecule has 4 rings (SSSR count). The van der Waals surface area contributed by atoms with Gasteiger partial charge in [-0.1, -0.05) is 12.1 Å². The van der Waals surface area contributed by atoms with Crippen molar-refractivity contribution in [3.8, 4) is 11.5 Å². The first-order chi connectivity index (χ1) is 16.7. The molecule has 0 spiro atoms. The third-order valence-electron chi connectivity index (χ3n) is 4.83. The Hall–Kier alpha value is -4.65. The SMILES string of the molecule is O=C(O)c1ccccc1NS(=O)(=O)c1cc([N+](=O)[O-])ccc1N/N=C\c1ccc2c(c1)OCCO2. The molecule has 0 amide bonds. The van der Waals surface area contributed by atoms with Gasteiger partial charge in [0.1, 0.15) is 18.1 Å². The lowest BCUT2D eigenvalue weighted by Crippen LogP contribution is -2.17. The van der Waals surface area contributed by atoms with E-state index < -0.39 is 31.5 Å². The summed E-state index contributed by atoms with van der Waals surface area (Å²) in [4.78, 5) is 21.5. The number of carboxylic acid groups (broad SMARTS) is 1. The fourth-order valence-corrected chi connectivity index (χ4v) is 4.47. The maximum absolute atomic E-state index is 13.1. The first-order valence-corrected chi connectivity index (χ1v) is 11.6. The van der Waals surface area contributed by atoms with Crippen LogP contribution >= 0.6 is 0 Å². The molecule has 0 saturated heterocycles. The number of benzene rings is 3. The minimum atomic E-state index is -4.45.